The van der Waals surface area contributed by atoms with Gasteiger partial charge in [-0.1, -0.05) is 311 Å². The minimum atomic E-state index is -4.95. The number of carbonyl (C=O) groups excluding carboxylic acids is 4. The van der Waals surface area contributed by atoms with E-state index < -0.39 is 97.5 Å². The van der Waals surface area contributed by atoms with E-state index in [9.17, 15) is 43.2 Å². The summed E-state index contributed by atoms with van der Waals surface area (Å²) in [5.41, 5.74) is 0. The molecule has 0 rings (SSSR count). The summed E-state index contributed by atoms with van der Waals surface area (Å²) in [6.07, 6.45) is 48.6. The second-order valence-corrected chi connectivity index (χ2v) is 29.5. The number of esters is 4. The highest BCUT2D eigenvalue weighted by molar-refractivity contribution is 7.47. The topological polar surface area (TPSA) is 237 Å². The maximum Gasteiger partial charge on any atom is 0.472 e. The van der Waals surface area contributed by atoms with Gasteiger partial charge in [0.2, 0.25) is 0 Å². The molecule has 0 aliphatic rings. The highest BCUT2D eigenvalue weighted by Crippen LogP contribution is 2.45. The zero-order valence-electron chi connectivity index (χ0n) is 58.4. The second kappa shape index (κ2) is 63.1. The molecule has 0 aromatic heterocycles. The molecule has 0 saturated heterocycles. The van der Waals surface area contributed by atoms with Crippen LogP contribution in [0.5, 0.6) is 0 Å². The van der Waals surface area contributed by atoms with E-state index in [0.717, 1.165) is 102 Å². The Hall–Kier alpha value is -1.94. The average molecular weight is 1330 g/mol. The predicted molar refractivity (Wildman–Crippen MR) is 363 cm³/mol. The third-order valence-electron chi connectivity index (χ3n) is 16.5. The molecular weight excluding hydrogens is 1190 g/mol. The van der Waals surface area contributed by atoms with Crippen molar-refractivity contribution in [3.05, 3.63) is 0 Å². The molecule has 0 fully saturated rings. The summed E-state index contributed by atoms with van der Waals surface area (Å²) in [6.45, 7) is 9.51. The van der Waals surface area contributed by atoms with Crippen molar-refractivity contribution in [3.63, 3.8) is 0 Å². The Kier molecular flexibility index (Phi) is 61.8. The van der Waals surface area contributed by atoms with Gasteiger partial charge < -0.3 is 33.8 Å². The summed E-state index contributed by atoms with van der Waals surface area (Å²) in [5.74, 6) is -0.629. The first-order valence-corrected chi connectivity index (χ1v) is 40.0. The number of rotatable bonds is 70. The van der Waals surface area contributed by atoms with Crippen LogP contribution in [0, 0.1) is 11.8 Å². The summed E-state index contributed by atoms with van der Waals surface area (Å²) in [4.78, 5) is 72.5. The highest BCUT2D eigenvalue weighted by atomic mass is 31.2. The van der Waals surface area contributed by atoms with Crippen molar-refractivity contribution in [3.8, 4) is 0 Å². The number of hydrogen-bond donors (Lipinski definition) is 3. The van der Waals surface area contributed by atoms with Crippen LogP contribution in [0.25, 0.3) is 0 Å². The number of carbonyl (C=O) groups is 4. The Morgan fingerprint density at radius 3 is 0.756 bits per heavy atom. The largest absolute Gasteiger partial charge is 0.472 e. The number of phosphoric ester groups is 2. The second-order valence-electron chi connectivity index (χ2n) is 26.6. The lowest BCUT2D eigenvalue weighted by atomic mass is 10.0. The van der Waals surface area contributed by atoms with Gasteiger partial charge in [0.05, 0.1) is 26.4 Å². The van der Waals surface area contributed by atoms with Crippen LogP contribution >= 0.6 is 15.6 Å². The number of phosphoric acid groups is 2. The van der Waals surface area contributed by atoms with Gasteiger partial charge in [0.1, 0.15) is 19.3 Å². The number of aliphatic hydroxyl groups excluding tert-OH is 1. The van der Waals surface area contributed by atoms with E-state index in [1.807, 2.05) is 0 Å². The fourth-order valence-corrected chi connectivity index (χ4v) is 12.3. The molecule has 0 bridgehead atoms. The Balaban J connectivity index is 5.23. The van der Waals surface area contributed by atoms with Gasteiger partial charge in [-0.3, -0.25) is 37.3 Å². The molecule has 5 atom stereocenters. The summed E-state index contributed by atoms with van der Waals surface area (Å²) in [7, 11) is -9.90. The van der Waals surface area contributed by atoms with E-state index in [4.69, 9.17) is 37.0 Å². The molecule has 0 aliphatic carbocycles. The number of hydrogen-bond acceptors (Lipinski definition) is 15. The van der Waals surface area contributed by atoms with Gasteiger partial charge in [-0.25, -0.2) is 9.13 Å². The maximum absolute atomic E-state index is 13.0. The van der Waals surface area contributed by atoms with Crippen LogP contribution in [0.1, 0.15) is 363 Å². The van der Waals surface area contributed by atoms with Crippen LogP contribution in [0.2, 0.25) is 0 Å². The van der Waals surface area contributed by atoms with E-state index in [-0.39, 0.29) is 25.7 Å². The fraction of sp³-hybridized carbons (Fsp3) is 0.944. The average Bonchev–Trinajstić information content (AvgIpc) is 3.68. The molecule has 0 saturated carbocycles. The molecule has 0 aliphatic heterocycles. The Morgan fingerprint density at radius 1 is 0.300 bits per heavy atom. The SMILES string of the molecule is CCCCCCCCCCCCCCCCCC(=O)OC[C@H](COP(=O)(O)OC[C@@H](O)COP(=O)(O)OC[C@@H](COC(=O)CCCCCCCCCCC)OC(=O)CCCCCCCCCCC(C)C)OC(=O)CCCCCCCCCCCCCCC(C)C. The lowest BCUT2D eigenvalue weighted by Crippen LogP contribution is -2.30. The normalized spacial score (nSPS) is 14.1. The smallest absolute Gasteiger partial charge is 0.462 e. The molecule has 534 valence electrons. The number of aliphatic hydroxyl groups is 1. The maximum atomic E-state index is 13.0. The van der Waals surface area contributed by atoms with Gasteiger partial charge in [0, 0.05) is 25.7 Å². The Morgan fingerprint density at radius 2 is 0.511 bits per heavy atom. The molecule has 2 unspecified atom stereocenters. The summed E-state index contributed by atoms with van der Waals surface area (Å²) in [6, 6.07) is 0. The molecule has 0 aromatic carbocycles. The molecular formula is C71H138O17P2. The third-order valence-corrected chi connectivity index (χ3v) is 18.4. The van der Waals surface area contributed by atoms with Crippen molar-refractivity contribution in [2.75, 3.05) is 39.6 Å². The first-order valence-electron chi connectivity index (χ1n) is 37.0. The molecule has 0 radical (unpaired) electrons. The summed E-state index contributed by atoms with van der Waals surface area (Å²) < 4.78 is 68.3. The molecule has 19 heteroatoms. The Labute approximate surface area is 549 Å². The predicted octanol–water partition coefficient (Wildman–Crippen LogP) is 20.4. The highest BCUT2D eigenvalue weighted by Gasteiger charge is 2.30. The standard InChI is InChI=1S/C71H138O17P2/c1-7-9-11-13-15-17-18-19-20-21-25-29-36-42-48-54-69(74)82-60-66(87-70(75)55-49-43-37-30-26-23-22-24-28-33-39-45-51-63(3)4)61-85-89(77,78)83-57-65(72)58-84-90(79,80)86-62-67(59-81-68(73)53-47-41-35-27-16-14-12-10-8-2)88-71(76)56-50-44-38-32-31-34-40-46-52-64(5)6/h63-67,72H,7-62H2,1-6H3,(H,77,78)(H,79,80)/t65-,66-,67-/m1/s1. The van der Waals surface area contributed by atoms with Crippen molar-refractivity contribution >= 4 is 39.5 Å². The summed E-state index contributed by atoms with van der Waals surface area (Å²) >= 11 is 0. The molecule has 0 heterocycles. The lowest BCUT2D eigenvalue weighted by molar-refractivity contribution is -0.161. The monoisotopic (exact) mass is 1320 g/mol. The van der Waals surface area contributed by atoms with Crippen molar-refractivity contribution in [1.29, 1.82) is 0 Å². The third kappa shape index (κ3) is 64.8. The minimum absolute atomic E-state index is 0.104. The van der Waals surface area contributed by atoms with Crippen LogP contribution in [-0.2, 0) is 65.4 Å². The molecule has 3 N–H and O–H groups in total. The van der Waals surface area contributed by atoms with Gasteiger partial charge in [-0.2, -0.15) is 0 Å². The molecule has 0 amide bonds. The first-order chi connectivity index (χ1) is 43.4. The van der Waals surface area contributed by atoms with Crippen LogP contribution in [0.4, 0.5) is 0 Å². The van der Waals surface area contributed by atoms with E-state index in [1.165, 1.54) is 180 Å². The van der Waals surface area contributed by atoms with Gasteiger partial charge in [0.15, 0.2) is 12.2 Å². The van der Waals surface area contributed by atoms with Crippen molar-refractivity contribution < 1.29 is 80.2 Å². The van der Waals surface area contributed by atoms with E-state index >= 15 is 0 Å². The zero-order valence-corrected chi connectivity index (χ0v) is 60.2. The minimum Gasteiger partial charge on any atom is -0.462 e. The van der Waals surface area contributed by atoms with E-state index in [1.54, 1.807) is 0 Å². The molecule has 90 heavy (non-hydrogen) atoms. The quantitative estimate of drug-likeness (QED) is 0.0222. The van der Waals surface area contributed by atoms with E-state index in [0.29, 0.717) is 25.7 Å². The van der Waals surface area contributed by atoms with Crippen molar-refractivity contribution in [1.82, 2.24) is 0 Å². The molecule has 0 spiro atoms. The van der Waals surface area contributed by atoms with E-state index in [2.05, 4.69) is 41.5 Å². The van der Waals surface area contributed by atoms with Gasteiger partial charge in [-0.05, 0) is 37.5 Å². The summed E-state index contributed by atoms with van der Waals surface area (Å²) in [5, 5.41) is 10.6. The van der Waals surface area contributed by atoms with Crippen LogP contribution in [0.15, 0.2) is 0 Å². The lowest BCUT2D eigenvalue weighted by Gasteiger charge is -2.21. The number of unbranched alkanes of at least 4 members (excludes halogenated alkanes) is 40. The Bertz CT molecular complexity index is 1750. The van der Waals surface area contributed by atoms with Crippen LogP contribution in [0.3, 0.4) is 0 Å². The van der Waals surface area contributed by atoms with Crippen LogP contribution in [-0.4, -0.2) is 96.7 Å². The zero-order chi connectivity index (χ0) is 66.5. The fourth-order valence-electron chi connectivity index (χ4n) is 10.8. The first kappa shape index (κ1) is 88.1. The number of ether oxygens (including phenoxy) is 4. The van der Waals surface area contributed by atoms with Gasteiger partial charge >= 0.3 is 39.5 Å². The van der Waals surface area contributed by atoms with Gasteiger partial charge in [0.25, 0.3) is 0 Å². The van der Waals surface area contributed by atoms with Crippen LogP contribution < -0.4 is 0 Å². The molecule has 17 nitrogen and oxygen atoms in total. The van der Waals surface area contributed by atoms with Gasteiger partial charge in [-0.15, -0.1) is 0 Å². The molecule has 0 aromatic rings. The van der Waals surface area contributed by atoms with Crippen molar-refractivity contribution in [2.24, 2.45) is 11.8 Å². The van der Waals surface area contributed by atoms with Crippen molar-refractivity contribution in [2.45, 2.75) is 381 Å².